The number of carbonyl (C=O) groups is 1. The number of hydrogen-bond acceptors (Lipinski definition) is 6. The molecule has 0 radical (unpaired) electrons. The van der Waals surface area contributed by atoms with Crippen molar-refractivity contribution in [3.8, 4) is 0 Å². The number of hydrogen-bond donors (Lipinski definition) is 2. The van der Waals surface area contributed by atoms with E-state index in [1.54, 1.807) is 12.3 Å². The molecule has 5 rings (SSSR count). The Morgan fingerprint density at radius 2 is 1.94 bits per heavy atom. The Hall–Kier alpha value is -3.40. The van der Waals surface area contributed by atoms with Crippen molar-refractivity contribution in [2.75, 3.05) is 31.1 Å². The van der Waals surface area contributed by atoms with Crippen LogP contribution in [0.15, 0.2) is 41.3 Å². The number of H-pyrrole nitrogens is 1. The highest BCUT2D eigenvalue weighted by Gasteiger charge is 2.46. The number of nitrogens with one attached hydrogen (secondary N) is 2. The van der Waals surface area contributed by atoms with Crippen molar-refractivity contribution in [1.29, 1.82) is 0 Å². The first-order valence-corrected chi connectivity index (χ1v) is 11.9. The third-order valence-corrected chi connectivity index (χ3v) is 6.71. The molecule has 1 aliphatic carbocycles. The number of nitrogens with zero attached hydrogens (tertiary/aromatic N) is 4. The third kappa shape index (κ3) is 5.17. The zero-order valence-corrected chi connectivity index (χ0v) is 19.6. The maximum Gasteiger partial charge on any atom is 0.270 e. The zero-order chi connectivity index (χ0) is 24.6. The average Bonchev–Trinajstić information content (AvgIpc) is 2.83. The highest BCUT2D eigenvalue weighted by atomic mass is 19.3. The number of carbonyl (C=O) groups excluding carboxylic acids is 1. The van der Waals surface area contributed by atoms with Crippen molar-refractivity contribution < 1.29 is 13.6 Å². The molecular weight excluding hydrogens is 454 g/mol. The number of halogens is 2. The van der Waals surface area contributed by atoms with Crippen LogP contribution < -0.4 is 15.8 Å². The minimum atomic E-state index is -2.67. The SMILES string of the molecule is CCc1nc2ccc(CN3CCN(c4ccc(C(=O)NC5CC(F)(F)C5)nc4)CC3)cc2[nH]c1=O. The normalized spacial score (nSPS) is 18.4. The smallest absolute Gasteiger partial charge is 0.270 e. The van der Waals surface area contributed by atoms with E-state index < -0.39 is 17.9 Å². The van der Waals surface area contributed by atoms with Crippen LogP contribution in [0.25, 0.3) is 11.0 Å². The molecule has 2 N–H and O–H groups in total. The second kappa shape index (κ2) is 9.33. The number of amides is 1. The number of benzene rings is 1. The molecule has 1 saturated carbocycles. The predicted octanol–water partition coefficient (Wildman–Crippen LogP) is 2.73. The lowest BCUT2D eigenvalue weighted by Gasteiger charge is -2.36. The molecule has 1 aliphatic heterocycles. The molecule has 8 nitrogen and oxygen atoms in total. The van der Waals surface area contributed by atoms with E-state index in [0.717, 1.165) is 55.0 Å². The Morgan fingerprint density at radius 1 is 1.17 bits per heavy atom. The Morgan fingerprint density at radius 3 is 2.60 bits per heavy atom. The Balaban J connectivity index is 1.15. The summed E-state index contributed by atoms with van der Waals surface area (Å²) in [6, 6.07) is 9.01. The Kier molecular flexibility index (Phi) is 6.22. The lowest BCUT2D eigenvalue weighted by molar-refractivity contribution is -0.0901. The van der Waals surface area contributed by atoms with Gasteiger partial charge in [0.25, 0.3) is 17.4 Å². The molecule has 0 spiro atoms. The maximum absolute atomic E-state index is 13.0. The molecule has 0 bridgehead atoms. The number of piperazine rings is 1. The molecule has 0 unspecified atom stereocenters. The summed E-state index contributed by atoms with van der Waals surface area (Å²) in [7, 11) is 0. The van der Waals surface area contributed by atoms with E-state index in [-0.39, 0.29) is 24.1 Å². The molecule has 1 amide bonds. The number of alkyl halides is 2. The summed E-state index contributed by atoms with van der Waals surface area (Å²) in [4.78, 5) is 40.5. The lowest BCUT2D eigenvalue weighted by atomic mass is 9.88. The molecule has 10 heteroatoms. The van der Waals surface area contributed by atoms with Gasteiger partial charge in [-0.1, -0.05) is 13.0 Å². The van der Waals surface area contributed by atoms with Crippen molar-refractivity contribution in [3.63, 3.8) is 0 Å². The molecule has 2 aromatic heterocycles. The molecule has 1 saturated heterocycles. The largest absolute Gasteiger partial charge is 0.368 e. The summed E-state index contributed by atoms with van der Waals surface area (Å²) >= 11 is 0. The van der Waals surface area contributed by atoms with Gasteiger partial charge in [0.15, 0.2) is 0 Å². The average molecular weight is 483 g/mol. The molecule has 0 atom stereocenters. The molecule has 3 heterocycles. The van der Waals surface area contributed by atoms with E-state index in [2.05, 4.69) is 36.1 Å². The van der Waals surface area contributed by atoms with Gasteiger partial charge in [0.1, 0.15) is 11.4 Å². The first-order chi connectivity index (χ1) is 16.8. The zero-order valence-electron chi connectivity index (χ0n) is 19.6. The first kappa shape index (κ1) is 23.3. The number of rotatable bonds is 6. The van der Waals surface area contributed by atoms with Crippen molar-refractivity contribution in [3.05, 3.63) is 63.8 Å². The number of aryl methyl sites for hydroxylation is 1. The van der Waals surface area contributed by atoms with Gasteiger partial charge in [-0.15, -0.1) is 0 Å². The van der Waals surface area contributed by atoms with Crippen LogP contribution in [0.4, 0.5) is 14.5 Å². The highest BCUT2D eigenvalue weighted by Crippen LogP contribution is 2.37. The van der Waals surface area contributed by atoms with Crippen molar-refractivity contribution in [2.45, 2.75) is 44.7 Å². The van der Waals surface area contributed by atoms with Gasteiger partial charge in [-0.25, -0.2) is 18.7 Å². The summed E-state index contributed by atoms with van der Waals surface area (Å²) in [6.07, 6.45) is 1.64. The molecule has 1 aromatic carbocycles. The van der Waals surface area contributed by atoms with Crippen molar-refractivity contribution in [1.82, 2.24) is 25.2 Å². The summed E-state index contributed by atoms with van der Waals surface area (Å²) in [5.41, 5.74) is 4.25. The summed E-state index contributed by atoms with van der Waals surface area (Å²) in [5, 5.41) is 2.61. The van der Waals surface area contributed by atoms with E-state index >= 15 is 0 Å². The van der Waals surface area contributed by atoms with Crippen LogP contribution in [0, 0.1) is 0 Å². The lowest BCUT2D eigenvalue weighted by Crippen LogP contribution is -2.50. The summed E-state index contributed by atoms with van der Waals surface area (Å²) < 4.78 is 25.9. The minimum absolute atomic E-state index is 0.132. The van der Waals surface area contributed by atoms with E-state index in [1.807, 2.05) is 25.1 Å². The van der Waals surface area contributed by atoms with Gasteiger partial charge in [-0.2, -0.15) is 0 Å². The van der Waals surface area contributed by atoms with Crippen LogP contribution in [0.2, 0.25) is 0 Å². The van der Waals surface area contributed by atoms with Gasteiger partial charge in [-0.05, 0) is 36.2 Å². The van der Waals surface area contributed by atoms with Gasteiger partial charge in [0, 0.05) is 51.6 Å². The van der Waals surface area contributed by atoms with Gasteiger partial charge in [0.2, 0.25) is 0 Å². The number of anilines is 1. The number of aromatic nitrogens is 3. The van der Waals surface area contributed by atoms with Gasteiger partial charge in [0.05, 0.1) is 22.9 Å². The van der Waals surface area contributed by atoms with E-state index in [1.165, 1.54) is 0 Å². The van der Waals surface area contributed by atoms with Crippen LogP contribution >= 0.6 is 0 Å². The second-order valence-electron chi connectivity index (χ2n) is 9.32. The monoisotopic (exact) mass is 482 g/mol. The Bertz CT molecular complexity index is 1280. The van der Waals surface area contributed by atoms with Crippen LogP contribution in [-0.2, 0) is 13.0 Å². The molecule has 2 aliphatic rings. The minimum Gasteiger partial charge on any atom is -0.368 e. The maximum atomic E-state index is 13.0. The van der Waals surface area contributed by atoms with Crippen LogP contribution in [0.3, 0.4) is 0 Å². The van der Waals surface area contributed by atoms with Gasteiger partial charge >= 0.3 is 0 Å². The highest BCUT2D eigenvalue weighted by molar-refractivity contribution is 5.92. The van der Waals surface area contributed by atoms with E-state index in [9.17, 15) is 18.4 Å². The fraction of sp³-hybridized carbons (Fsp3) is 0.440. The van der Waals surface area contributed by atoms with Crippen molar-refractivity contribution in [2.24, 2.45) is 0 Å². The van der Waals surface area contributed by atoms with E-state index in [0.29, 0.717) is 12.1 Å². The third-order valence-electron chi connectivity index (χ3n) is 6.71. The molecular formula is C25H28F2N6O2. The second-order valence-corrected chi connectivity index (χ2v) is 9.32. The number of aromatic amines is 1. The van der Waals surface area contributed by atoms with Crippen LogP contribution in [0.5, 0.6) is 0 Å². The van der Waals surface area contributed by atoms with Crippen molar-refractivity contribution >= 4 is 22.6 Å². The van der Waals surface area contributed by atoms with Gasteiger partial charge < -0.3 is 15.2 Å². The van der Waals surface area contributed by atoms with Crippen LogP contribution in [-0.4, -0.2) is 63.9 Å². The molecule has 35 heavy (non-hydrogen) atoms. The molecule has 2 fully saturated rings. The fourth-order valence-corrected chi connectivity index (χ4v) is 4.66. The van der Waals surface area contributed by atoms with E-state index in [4.69, 9.17) is 0 Å². The number of fused-ring (bicyclic) bond motifs is 1. The summed E-state index contributed by atoms with van der Waals surface area (Å²) in [5.74, 6) is -3.08. The quantitative estimate of drug-likeness (QED) is 0.561. The standard InChI is InChI=1S/C25H28F2N6O2/c1-2-19-23(34)31-22-11-16(3-5-20(22)30-19)15-32-7-9-33(10-8-32)18-4-6-21(28-14-18)24(35)29-17-12-25(26,27)13-17/h3-6,11,14,17H,2,7-10,12-13,15H2,1H3,(H,29,35)(H,31,34). The predicted molar refractivity (Wildman–Crippen MR) is 129 cm³/mol. The first-order valence-electron chi connectivity index (χ1n) is 11.9. The Labute approximate surface area is 201 Å². The number of pyridine rings is 1. The molecule has 3 aromatic rings. The van der Waals surface area contributed by atoms with Gasteiger partial charge in [-0.3, -0.25) is 14.5 Å². The summed E-state index contributed by atoms with van der Waals surface area (Å²) in [6.45, 7) is 6.05. The van der Waals surface area contributed by atoms with Crippen LogP contribution in [0.1, 0.15) is 41.5 Å². The fourth-order valence-electron chi connectivity index (χ4n) is 4.66. The topological polar surface area (TPSA) is 94.2 Å². The molecule has 184 valence electrons.